The van der Waals surface area contributed by atoms with Gasteiger partial charge in [-0.05, 0) is 31.9 Å². The maximum Gasteiger partial charge on any atom is 0.237 e. The van der Waals surface area contributed by atoms with E-state index in [2.05, 4.69) is 29.4 Å². The van der Waals surface area contributed by atoms with E-state index in [0.717, 1.165) is 30.1 Å². The first-order valence-electron chi connectivity index (χ1n) is 7.47. The van der Waals surface area contributed by atoms with Crippen LogP contribution in [0, 0.1) is 0 Å². The Morgan fingerprint density at radius 2 is 2.14 bits per heavy atom. The zero-order chi connectivity index (χ0) is 15.4. The Morgan fingerprint density at radius 3 is 2.76 bits per heavy atom. The summed E-state index contributed by atoms with van der Waals surface area (Å²) in [4.78, 5) is 14.3. The third-order valence-corrected chi connectivity index (χ3v) is 4.46. The van der Waals surface area contributed by atoms with E-state index in [1.165, 1.54) is 0 Å². The maximum atomic E-state index is 12.0. The number of rotatable bonds is 5. The van der Waals surface area contributed by atoms with Crippen LogP contribution < -0.4 is 10.6 Å². The lowest BCUT2D eigenvalue weighted by Crippen LogP contribution is -2.45. The molecule has 1 aromatic rings. The van der Waals surface area contributed by atoms with Crippen LogP contribution in [0.5, 0.6) is 0 Å². The number of carbonyl (C=O) groups excluding carboxylic acids is 1. The molecule has 2 atom stereocenters. The average Bonchev–Trinajstić information content (AvgIpc) is 2.90. The van der Waals surface area contributed by atoms with Crippen LogP contribution in [0.3, 0.4) is 0 Å². The molecule has 0 spiro atoms. The quantitative estimate of drug-likeness (QED) is 0.875. The molecule has 0 saturated carbocycles. The molecule has 1 heterocycles. The smallest absolute Gasteiger partial charge is 0.237 e. The second kappa shape index (κ2) is 7.25. The van der Waals surface area contributed by atoms with Crippen LogP contribution in [-0.2, 0) is 11.3 Å². The van der Waals surface area contributed by atoms with E-state index < -0.39 is 0 Å². The molecule has 5 heteroatoms. The monoisotopic (exact) mass is 309 g/mol. The summed E-state index contributed by atoms with van der Waals surface area (Å²) in [6.07, 6.45) is 0.836. The van der Waals surface area contributed by atoms with Gasteiger partial charge < -0.3 is 10.6 Å². The fourth-order valence-electron chi connectivity index (χ4n) is 2.90. The Labute approximate surface area is 131 Å². The highest BCUT2D eigenvalue weighted by atomic mass is 35.5. The number of benzene rings is 1. The largest absolute Gasteiger partial charge is 0.358 e. The van der Waals surface area contributed by atoms with E-state index in [9.17, 15) is 4.79 Å². The molecule has 0 aromatic heterocycles. The number of nitrogens with one attached hydrogen (secondary N) is 2. The fraction of sp³-hybridized carbons (Fsp3) is 0.562. The second-order valence-corrected chi connectivity index (χ2v) is 6.23. The predicted molar refractivity (Wildman–Crippen MR) is 86.4 cm³/mol. The molecular formula is C16H24ClN3O. The van der Waals surface area contributed by atoms with Crippen LogP contribution in [0.1, 0.15) is 25.8 Å². The number of likely N-dealkylation sites (tertiary alicyclic amines) is 1. The van der Waals surface area contributed by atoms with Crippen molar-refractivity contribution >= 4 is 17.5 Å². The van der Waals surface area contributed by atoms with Gasteiger partial charge in [0.05, 0.1) is 6.04 Å². The third kappa shape index (κ3) is 3.96. The van der Waals surface area contributed by atoms with Crippen molar-refractivity contribution in [3.8, 4) is 0 Å². The van der Waals surface area contributed by atoms with Crippen LogP contribution in [-0.4, -0.2) is 42.5 Å². The summed E-state index contributed by atoms with van der Waals surface area (Å²) in [5.41, 5.74) is 1.10. The van der Waals surface area contributed by atoms with Gasteiger partial charge >= 0.3 is 0 Å². The van der Waals surface area contributed by atoms with Gasteiger partial charge in [-0.2, -0.15) is 0 Å². The maximum absolute atomic E-state index is 12.0. The predicted octanol–water partition coefficient (Wildman–Crippen LogP) is 2.03. The summed E-state index contributed by atoms with van der Waals surface area (Å²) in [5, 5.41) is 7.08. The molecule has 0 radical (unpaired) electrons. The number of nitrogens with zero attached hydrogens (tertiary/aromatic N) is 1. The number of hydrogen-bond acceptors (Lipinski definition) is 3. The zero-order valence-corrected chi connectivity index (χ0v) is 13.7. The van der Waals surface area contributed by atoms with Gasteiger partial charge in [-0.15, -0.1) is 0 Å². The molecule has 0 aliphatic carbocycles. The summed E-state index contributed by atoms with van der Waals surface area (Å²) in [5.74, 6) is 0.103. The normalized spacial score (nSPS) is 22.7. The Bertz CT molecular complexity index is 492. The molecule has 21 heavy (non-hydrogen) atoms. The molecule has 2 N–H and O–H groups in total. The SMILES string of the molecule is CNC(=O)[C@@H]1C[C@@H](NCc2ccccc2Cl)CN1C(C)C. The number of hydrogen-bond donors (Lipinski definition) is 2. The summed E-state index contributed by atoms with van der Waals surface area (Å²) in [6, 6.07) is 8.49. The van der Waals surface area contributed by atoms with E-state index in [0.29, 0.717) is 12.1 Å². The van der Waals surface area contributed by atoms with Gasteiger partial charge in [-0.25, -0.2) is 0 Å². The summed E-state index contributed by atoms with van der Waals surface area (Å²) >= 11 is 6.18. The molecule has 1 amide bonds. The van der Waals surface area contributed by atoms with Gasteiger partial charge in [0, 0.05) is 37.2 Å². The highest BCUT2D eigenvalue weighted by Crippen LogP contribution is 2.22. The number of halogens is 1. The first-order valence-corrected chi connectivity index (χ1v) is 7.84. The van der Waals surface area contributed by atoms with Gasteiger partial charge in [0.15, 0.2) is 0 Å². The number of amides is 1. The van der Waals surface area contributed by atoms with Crippen LogP contribution in [0.15, 0.2) is 24.3 Å². The van der Waals surface area contributed by atoms with E-state index in [-0.39, 0.29) is 11.9 Å². The van der Waals surface area contributed by atoms with Gasteiger partial charge in [0.25, 0.3) is 0 Å². The van der Waals surface area contributed by atoms with E-state index in [1.54, 1.807) is 7.05 Å². The molecule has 1 fully saturated rings. The van der Waals surface area contributed by atoms with Crippen molar-refractivity contribution in [3.05, 3.63) is 34.9 Å². The minimum absolute atomic E-state index is 0.0428. The molecule has 1 aliphatic rings. The van der Waals surface area contributed by atoms with Gasteiger partial charge in [0.1, 0.15) is 0 Å². The van der Waals surface area contributed by atoms with Gasteiger partial charge in [-0.1, -0.05) is 29.8 Å². The molecule has 116 valence electrons. The Kier molecular flexibility index (Phi) is 5.62. The van der Waals surface area contributed by atoms with E-state index >= 15 is 0 Å². The van der Waals surface area contributed by atoms with Crippen LogP contribution in [0.4, 0.5) is 0 Å². The van der Waals surface area contributed by atoms with E-state index in [4.69, 9.17) is 11.6 Å². The minimum Gasteiger partial charge on any atom is -0.358 e. The standard InChI is InChI=1S/C16H24ClN3O/c1-11(2)20-10-13(8-15(20)16(21)18-3)19-9-12-6-4-5-7-14(12)17/h4-7,11,13,15,19H,8-10H2,1-3H3,(H,18,21)/t13-,15+/m1/s1. The summed E-state index contributed by atoms with van der Waals surface area (Å²) in [7, 11) is 1.70. The number of carbonyl (C=O) groups is 1. The highest BCUT2D eigenvalue weighted by molar-refractivity contribution is 6.31. The highest BCUT2D eigenvalue weighted by Gasteiger charge is 2.37. The Hall–Kier alpha value is -1.10. The Morgan fingerprint density at radius 1 is 1.43 bits per heavy atom. The first-order chi connectivity index (χ1) is 10.0. The number of likely N-dealkylation sites (N-methyl/N-ethyl adjacent to an activating group) is 1. The average molecular weight is 310 g/mol. The molecule has 4 nitrogen and oxygen atoms in total. The first kappa shape index (κ1) is 16.3. The summed E-state index contributed by atoms with van der Waals surface area (Å²) < 4.78 is 0. The van der Waals surface area contributed by atoms with Crippen molar-refractivity contribution in [2.75, 3.05) is 13.6 Å². The van der Waals surface area contributed by atoms with Crippen molar-refractivity contribution in [2.24, 2.45) is 0 Å². The van der Waals surface area contributed by atoms with Crippen molar-refractivity contribution < 1.29 is 4.79 Å². The molecule has 1 aromatic carbocycles. The molecule has 1 aliphatic heterocycles. The lowest BCUT2D eigenvalue weighted by molar-refractivity contribution is -0.125. The van der Waals surface area contributed by atoms with Crippen molar-refractivity contribution in [3.63, 3.8) is 0 Å². The lowest BCUT2D eigenvalue weighted by Gasteiger charge is -2.26. The van der Waals surface area contributed by atoms with Crippen LogP contribution in [0.25, 0.3) is 0 Å². The molecule has 0 unspecified atom stereocenters. The summed E-state index contributed by atoms with van der Waals surface area (Å²) in [6.45, 7) is 5.88. The molecule has 0 bridgehead atoms. The molecular weight excluding hydrogens is 286 g/mol. The topological polar surface area (TPSA) is 44.4 Å². The third-order valence-electron chi connectivity index (χ3n) is 4.09. The fourth-order valence-corrected chi connectivity index (χ4v) is 3.10. The second-order valence-electron chi connectivity index (χ2n) is 5.83. The van der Waals surface area contributed by atoms with Crippen LogP contribution >= 0.6 is 11.6 Å². The van der Waals surface area contributed by atoms with Gasteiger partial charge in [-0.3, -0.25) is 9.69 Å². The minimum atomic E-state index is -0.0428. The Balaban J connectivity index is 1.96. The van der Waals surface area contributed by atoms with Crippen molar-refractivity contribution in [1.29, 1.82) is 0 Å². The van der Waals surface area contributed by atoms with Gasteiger partial charge in [0.2, 0.25) is 5.91 Å². The molecule has 1 saturated heterocycles. The molecule has 2 rings (SSSR count). The van der Waals surface area contributed by atoms with Crippen molar-refractivity contribution in [2.45, 2.75) is 44.9 Å². The van der Waals surface area contributed by atoms with E-state index in [1.807, 2.05) is 24.3 Å². The van der Waals surface area contributed by atoms with Crippen molar-refractivity contribution in [1.82, 2.24) is 15.5 Å². The van der Waals surface area contributed by atoms with Crippen LogP contribution in [0.2, 0.25) is 5.02 Å². The zero-order valence-electron chi connectivity index (χ0n) is 12.9. The lowest BCUT2D eigenvalue weighted by atomic mass is 10.1.